The van der Waals surface area contributed by atoms with E-state index in [1.54, 1.807) is 11.3 Å². The SMILES string of the molecule is CCNCC(O)CN(C)Cc1csc(Br)c1. The first-order chi connectivity index (χ1) is 7.61. The number of aliphatic hydroxyl groups is 1. The van der Waals surface area contributed by atoms with Crippen molar-refractivity contribution in [1.82, 2.24) is 10.2 Å². The lowest BCUT2D eigenvalue weighted by Gasteiger charge is -2.20. The number of likely N-dealkylation sites (N-methyl/N-ethyl adjacent to an activating group) is 2. The minimum Gasteiger partial charge on any atom is -0.390 e. The quantitative estimate of drug-likeness (QED) is 0.808. The van der Waals surface area contributed by atoms with Gasteiger partial charge in [-0.1, -0.05) is 6.92 Å². The topological polar surface area (TPSA) is 35.5 Å². The third-order valence-electron chi connectivity index (χ3n) is 2.23. The van der Waals surface area contributed by atoms with Crippen LogP contribution in [0.4, 0.5) is 0 Å². The molecule has 0 radical (unpaired) electrons. The molecule has 0 amide bonds. The van der Waals surface area contributed by atoms with Crippen LogP contribution in [-0.2, 0) is 6.54 Å². The first kappa shape index (κ1) is 14.1. The van der Waals surface area contributed by atoms with Gasteiger partial charge in [0, 0.05) is 19.6 Å². The van der Waals surface area contributed by atoms with Crippen molar-refractivity contribution in [3.05, 3.63) is 20.8 Å². The molecular formula is C11H19BrN2OS. The van der Waals surface area contributed by atoms with E-state index >= 15 is 0 Å². The van der Waals surface area contributed by atoms with Crippen LogP contribution in [0.3, 0.4) is 0 Å². The lowest BCUT2D eigenvalue weighted by Crippen LogP contribution is -2.36. The number of nitrogens with zero attached hydrogens (tertiary/aromatic N) is 1. The summed E-state index contributed by atoms with van der Waals surface area (Å²) in [6.45, 7) is 5.18. The van der Waals surface area contributed by atoms with Crippen LogP contribution in [0.2, 0.25) is 0 Å². The zero-order valence-corrected chi connectivity index (χ0v) is 12.1. The third kappa shape index (κ3) is 5.41. The van der Waals surface area contributed by atoms with Gasteiger partial charge in [-0.2, -0.15) is 0 Å². The van der Waals surface area contributed by atoms with E-state index in [4.69, 9.17) is 0 Å². The van der Waals surface area contributed by atoms with Crippen LogP contribution >= 0.6 is 27.3 Å². The molecule has 1 unspecified atom stereocenters. The second-order valence-electron chi connectivity index (χ2n) is 3.92. The molecule has 0 fully saturated rings. The van der Waals surface area contributed by atoms with Gasteiger partial charge in [0.1, 0.15) is 0 Å². The van der Waals surface area contributed by atoms with E-state index in [-0.39, 0.29) is 6.10 Å². The number of rotatable bonds is 7. The van der Waals surface area contributed by atoms with Crippen LogP contribution in [0, 0.1) is 0 Å². The second kappa shape index (κ2) is 7.40. The van der Waals surface area contributed by atoms with Crippen molar-refractivity contribution >= 4 is 27.3 Å². The molecular weight excluding hydrogens is 288 g/mol. The van der Waals surface area contributed by atoms with E-state index in [1.807, 2.05) is 14.0 Å². The fourth-order valence-corrected chi connectivity index (χ4v) is 2.74. The molecule has 16 heavy (non-hydrogen) atoms. The normalized spacial score (nSPS) is 13.3. The number of halogens is 1. The number of hydrogen-bond donors (Lipinski definition) is 2. The molecule has 0 aliphatic rings. The Kier molecular flexibility index (Phi) is 6.53. The van der Waals surface area contributed by atoms with Crippen molar-refractivity contribution < 1.29 is 5.11 Å². The van der Waals surface area contributed by atoms with Crippen molar-refractivity contribution in [3.8, 4) is 0 Å². The van der Waals surface area contributed by atoms with Crippen LogP contribution in [0.25, 0.3) is 0 Å². The Morgan fingerprint density at radius 1 is 1.62 bits per heavy atom. The minimum absolute atomic E-state index is 0.299. The maximum atomic E-state index is 9.72. The molecule has 1 aromatic rings. The summed E-state index contributed by atoms with van der Waals surface area (Å²) in [6.07, 6.45) is -0.299. The molecule has 1 atom stereocenters. The highest BCUT2D eigenvalue weighted by Crippen LogP contribution is 2.21. The molecule has 1 heterocycles. The predicted octanol–water partition coefficient (Wildman–Crippen LogP) is 1.91. The van der Waals surface area contributed by atoms with E-state index in [0.717, 1.165) is 16.9 Å². The number of hydrogen-bond acceptors (Lipinski definition) is 4. The maximum absolute atomic E-state index is 9.72. The van der Waals surface area contributed by atoms with Gasteiger partial charge in [0.2, 0.25) is 0 Å². The zero-order valence-electron chi connectivity index (χ0n) is 9.74. The lowest BCUT2D eigenvalue weighted by molar-refractivity contribution is 0.122. The Morgan fingerprint density at radius 2 is 2.38 bits per heavy atom. The average Bonchev–Trinajstić information content (AvgIpc) is 2.60. The number of nitrogens with one attached hydrogen (secondary N) is 1. The van der Waals surface area contributed by atoms with Gasteiger partial charge in [-0.3, -0.25) is 4.90 Å². The fraction of sp³-hybridized carbons (Fsp3) is 0.636. The Hall–Kier alpha value is 0.0600. The molecule has 2 N–H and O–H groups in total. The van der Waals surface area contributed by atoms with E-state index < -0.39 is 0 Å². The molecule has 92 valence electrons. The molecule has 0 saturated carbocycles. The van der Waals surface area contributed by atoms with Gasteiger partial charge < -0.3 is 10.4 Å². The van der Waals surface area contributed by atoms with Gasteiger partial charge in [-0.25, -0.2) is 0 Å². The fourth-order valence-electron chi connectivity index (χ4n) is 1.54. The Labute approximate surface area is 110 Å². The standard InChI is InChI=1S/C11H19BrN2OS/c1-3-13-5-10(15)7-14(2)6-9-4-11(12)16-8-9/h4,8,10,13,15H,3,5-7H2,1-2H3. The Morgan fingerprint density at radius 3 is 2.94 bits per heavy atom. The summed E-state index contributed by atoms with van der Waals surface area (Å²) >= 11 is 5.14. The summed E-state index contributed by atoms with van der Waals surface area (Å²) in [5.74, 6) is 0. The van der Waals surface area contributed by atoms with E-state index in [1.165, 1.54) is 5.56 Å². The molecule has 0 bridgehead atoms. The monoisotopic (exact) mass is 306 g/mol. The van der Waals surface area contributed by atoms with Crippen LogP contribution in [0.1, 0.15) is 12.5 Å². The molecule has 0 aromatic carbocycles. The van der Waals surface area contributed by atoms with Crippen molar-refractivity contribution in [2.24, 2.45) is 0 Å². The molecule has 0 spiro atoms. The molecule has 0 saturated heterocycles. The second-order valence-corrected chi connectivity index (χ2v) is 6.21. The highest BCUT2D eigenvalue weighted by Gasteiger charge is 2.08. The van der Waals surface area contributed by atoms with Gasteiger partial charge in [-0.05, 0) is 46.5 Å². The third-order valence-corrected chi connectivity index (χ3v) is 3.78. The van der Waals surface area contributed by atoms with Gasteiger partial charge in [0.15, 0.2) is 0 Å². The Bertz CT molecular complexity index is 306. The summed E-state index contributed by atoms with van der Waals surface area (Å²) in [5, 5.41) is 15.0. The molecule has 0 aliphatic heterocycles. The average molecular weight is 307 g/mol. The molecule has 3 nitrogen and oxygen atoms in total. The van der Waals surface area contributed by atoms with Crippen LogP contribution in [0.15, 0.2) is 15.2 Å². The molecule has 1 aromatic heterocycles. The molecule has 5 heteroatoms. The number of aliphatic hydroxyl groups excluding tert-OH is 1. The van der Waals surface area contributed by atoms with E-state index in [2.05, 4.69) is 37.6 Å². The van der Waals surface area contributed by atoms with Crippen LogP contribution in [-0.4, -0.2) is 42.8 Å². The maximum Gasteiger partial charge on any atom is 0.0791 e. The largest absolute Gasteiger partial charge is 0.390 e. The zero-order chi connectivity index (χ0) is 12.0. The van der Waals surface area contributed by atoms with Crippen LogP contribution in [0.5, 0.6) is 0 Å². The van der Waals surface area contributed by atoms with Gasteiger partial charge in [0.05, 0.1) is 9.89 Å². The van der Waals surface area contributed by atoms with Crippen molar-refractivity contribution in [3.63, 3.8) is 0 Å². The summed E-state index contributed by atoms with van der Waals surface area (Å²) in [4.78, 5) is 2.14. The summed E-state index contributed by atoms with van der Waals surface area (Å²) < 4.78 is 1.16. The van der Waals surface area contributed by atoms with Gasteiger partial charge in [0.25, 0.3) is 0 Å². The Balaban J connectivity index is 2.27. The molecule has 0 aliphatic carbocycles. The predicted molar refractivity (Wildman–Crippen MR) is 72.9 cm³/mol. The van der Waals surface area contributed by atoms with Gasteiger partial charge in [-0.15, -0.1) is 11.3 Å². The first-order valence-corrected chi connectivity index (χ1v) is 7.09. The summed E-state index contributed by atoms with van der Waals surface area (Å²) in [6, 6.07) is 2.12. The smallest absolute Gasteiger partial charge is 0.0791 e. The first-order valence-electron chi connectivity index (χ1n) is 5.42. The van der Waals surface area contributed by atoms with E-state index in [0.29, 0.717) is 13.1 Å². The highest BCUT2D eigenvalue weighted by atomic mass is 79.9. The van der Waals surface area contributed by atoms with Crippen molar-refractivity contribution in [1.29, 1.82) is 0 Å². The highest BCUT2D eigenvalue weighted by molar-refractivity contribution is 9.11. The van der Waals surface area contributed by atoms with Crippen molar-refractivity contribution in [2.45, 2.75) is 19.6 Å². The lowest BCUT2D eigenvalue weighted by atomic mass is 10.3. The summed E-state index contributed by atoms with van der Waals surface area (Å²) in [5.41, 5.74) is 1.29. The van der Waals surface area contributed by atoms with Crippen molar-refractivity contribution in [2.75, 3.05) is 26.7 Å². The van der Waals surface area contributed by atoms with E-state index in [9.17, 15) is 5.11 Å². The van der Waals surface area contributed by atoms with Crippen LogP contribution < -0.4 is 5.32 Å². The summed E-state index contributed by atoms with van der Waals surface area (Å²) in [7, 11) is 2.03. The van der Waals surface area contributed by atoms with Gasteiger partial charge >= 0.3 is 0 Å². The number of thiophene rings is 1. The minimum atomic E-state index is -0.299. The molecule has 1 rings (SSSR count).